The van der Waals surface area contributed by atoms with Gasteiger partial charge in [0.2, 0.25) is 0 Å². The summed E-state index contributed by atoms with van der Waals surface area (Å²) in [4.78, 5) is 12.9. The fourth-order valence-corrected chi connectivity index (χ4v) is 5.60. The van der Waals surface area contributed by atoms with Gasteiger partial charge in [0.25, 0.3) is 0 Å². The van der Waals surface area contributed by atoms with E-state index < -0.39 is 119 Å². The van der Waals surface area contributed by atoms with Crippen LogP contribution in [0.3, 0.4) is 0 Å². The van der Waals surface area contributed by atoms with Gasteiger partial charge in [0.05, 0.1) is 19.2 Å². The molecule has 4 heteroatoms. The van der Waals surface area contributed by atoms with Crippen LogP contribution in [0.5, 0.6) is 0 Å². The number of furan rings is 1. The van der Waals surface area contributed by atoms with Crippen molar-refractivity contribution in [2.45, 2.75) is 0 Å². The van der Waals surface area contributed by atoms with Gasteiger partial charge in [-0.1, -0.05) is 151 Å². The Morgan fingerprint density at radius 2 is 0.735 bits per heavy atom. The predicted molar refractivity (Wildman–Crippen MR) is 200 cm³/mol. The number of hydrogen-bond acceptors (Lipinski definition) is 4. The van der Waals surface area contributed by atoms with E-state index in [0.29, 0.717) is 16.7 Å². The largest absolute Gasteiger partial charge is 0.456 e. The smallest absolute Gasteiger partial charge is 0.164 e. The van der Waals surface area contributed by atoms with Gasteiger partial charge in [-0.3, -0.25) is 0 Å². The van der Waals surface area contributed by atoms with Gasteiger partial charge in [-0.05, 0) is 57.6 Å². The minimum absolute atomic E-state index is 0.0824. The summed E-state index contributed by atoms with van der Waals surface area (Å²) in [6, 6.07) is 19.7. The first-order valence-electron chi connectivity index (χ1n) is 22.2. The molecule has 0 bridgehead atoms. The number of hydrogen-bond donors (Lipinski definition) is 0. The lowest BCUT2D eigenvalue weighted by atomic mass is 9.99. The molecule has 0 saturated carbocycles. The molecule has 230 valence electrons. The minimum Gasteiger partial charge on any atom is -0.456 e. The molecule has 0 radical (unpaired) electrons. The molecule has 0 aliphatic heterocycles. The van der Waals surface area contributed by atoms with Crippen molar-refractivity contribution < 1.29 is 23.6 Å². The van der Waals surface area contributed by atoms with Crippen LogP contribution in [-0.2, 0) is 0 Å². The Hall–Kier alpha value is -6.65. The third-order valence-corrected chi connectivity index (χ3v) is 8.02. The number of benzene rings is 7. The van der Waals surface area contributed by atoms with Gasteiger partial charge in [-0.15, -0.1) is 0 Å². The van der Waals surface area contributed by atoms with E-state index in [1.54, 1.807) is 18.2 Å². The van der Waals surface area contributed by atoms with Crippen molar-refractivity contribution in [3.63, 3.8) is 0 Å². The molecule has 0 atom stereocenters. The molecule has 0 saturated heterocycles. The van der Waals surface area contributed by atoms with Gasteiger partial charge in [0.15, 0.2) is 17.5 Å². The number of nitrogens with zero attached hydrogens (tertiary/aromatic N) is 3. The van der Waals surface area contributed by atoms with E-state index in [0.717, 1.165) is 33.0 Å². The standard InChI is InChI=1S/C45H29N3O/c1-4-10-30(11-5-1)31-16-18-32(19-17-31)37-24-26-39-40-27-25-38(29-42(40)49-41(39)28-37)33-20-22-36(23-21-33)45-47-43(34-12-6-2-7-13-34)46-44(48-45)35-14-8-3-9-15-35/h1-29H/i2D,3D,6D,7D,8D,9D,12D,13D,14D,15D,20D,21D,22D,23D. The fraction of sp³-hybridized carbons (Fsp3) is 0. The molecule has 0 aliphatic carbocycles. The zero-order valence-corrected chi connectivity index (χ0v) is 25.4. The Labute approximate surface area is 303 Å². The summed E-state index contributed by atoms with van der Waals surface area (Å²) in [6.07, 6.45) is 0. The quantitative estimate of drug-likeness (QED) is 0.181. The average Bonchev–Trinajstić information content (AvgIpc) is 3.66. The fourth-order valence-electron chi connectivity index (χ4n) is 5.60. The van der Waals surface area contributed by atoms with E-state index in [2.05, 4.69) is 39.2 Å². The highest BCUT2D eigenvalue weighted by Crippen LogP contribution is 2.36. The molecule has 0 spiro atoms. The number of aromatic nitrogens is 3. The van der Waals surface area contributed by atoms with E-state index in [4.69, 9.17) is 23.6 Å². The Balaban J connectivity index is 1.17. The highest BCUT2D eigenvalue weighted by atomic mass is 16.3. The van der Waals surface area contributed by atoms with Gasteiger partial charge < -0.3 is 4.42 Å². The summed E-state index contributed by atoms with van der Waals surface area (Å²) in [5, 5.41) is 1.59. The van der Waals surface area contributed by atoms with E-state index in [9.17, 15) is 0 Å². The van der Waals surface area contributed by atoms with Crippen molar-refractivity contribution in [2.24, 2.45) is 0 Å². The van der Waals surface area contributed by atoms with Crippen molar-refractivity contribution in [1.29, 1.82) is 0 Å². The molecule has 0 N–H and O–H groups in total. The monoisotopic (exact) mass is 641 g/mol. The molecule has 0 fully saturated rings. The molecule has 2 aromatic heterocycles. The maximum atomic E-state index is 9.16. The highest BCUT2D eigenvalue weighted by Gasteiger charge is 2.14. The van der Waals surface area contributed by atoms with Crippen molar-refractivity contribution in [2.75, 3.05) is 0 Å². The summed E-state index contributed by atoms with van der Waals surface area (Å²) in [6.45, 7) is 0. The van der Waals surface area contributed by atoms with E-state index in [1.165, 1.54) is 0 Å². The van der Waals surface area contributed by atoms with Gasteiger partial charge >= 0.3 is 0 Å². The molecule has 49 heavy (non-hydrogen) atoms. The van der Waals surface area contributed by atoms with Crippen molar-refractivity contribution in [3.05, 3.63) is 176 Å². The van der Waals surface area contributed by atoms with Crippen molar-refractivity contribution in [1.82, 2.24) is 15.0 Å². The molecule has 0 amide bonds. The molecule has 2 heterocycles. The van der Waals surface area contributed by atoms with Gasteiger partial charge in [0, 0.05) is 27.5 Å². The molecular weight excluding hydrogens is 599 g/mol. The average molecular weight is 642 g/mol. The number of fused-ring (bicyclic) bond motifs is 3. The molecular formula is C45H29N3O. The second-order valence-electron chi connectivity index (χ2n) is 11.0. The van der Waals surface area contributed by atoms with Crippen LogP contribution in [0, 0.1) is 0 Å². The first-order valence-corrected chi connectivity index (χ1v) is 15.2. The predicted octanol–water partition coefficient (Wildman–Crippen LogP) is 11.8. The Morgan fingerprint density at radius 1 is 0.347 bits per heavy atom. The maximum Gasteiger partial charge on any atom is 0.164 e. The zero-order chi connectivity index (χ0) is 44.8. The van der Waals surface area contributed by atoms with Gasteiger partial charge in [-0.25, -0.2) is 15.0 Å². The first kappa shape index (κ1) is 17.5. The van der Waals surface area contributed by atoms with Crippen molar-refractivity contribution >= 4 is 21.9 Å². The second kappa shape index (κ2) is 12.2. The van der Waals surface area contributed by atoms with Crippen LogP contribution in [-0.4, -0.2) is 15.0 Å². The Morgan fingerprint density at radius 3 is 1.24 bits per heavy atom. The molecule has 9 aromatic rings. The third kappa shape index (κ3) is 5.56. The summed E-state index contributed by atoms with van der Waals surface area (Å²) in [5.74, 6) is -1.76. The molecule has 9 rings (SSSR count). The van der Waals surface area contributed by atoms with Crippen LogP contribution in [0.15, 0.2) is 180 Å². The minimum atomic E-state index is -0.735. The van der Waals surface area contributed by atoms with E-state index in [1.807, 2.05) is 48.5 Å². The zero-order valence-electron chi connectivity index (χ0n) is 39.4. The van der Waals surface area contributed by atoms with Crippen LogP contribution in [0.1, 0.15) is 19.2 Å². The normalized spacial score (nSPS) is 15.3. The van der Waals surface area contributed by atoms with Crippen LogP contribution < -0.4 is 0 Å². The Kier molecular flexibility index (Phi) is 4.35. The molecule has 7 aromatic carbocycles. The van der Waals surface area contributed by atoms with Gasteiger partial charge in [-0.2, -0.15) is 0 Å². The summed E-state index contributed by atoms with van der Waals surface area (Å²) >= 11 is 0. The van der Waals surface area contributed by atoms with Crippen LogP contribution in [0.4, 0.5) is 0 Å². The lowest BCUT2D eigenvalue weighted by Crippen LogP contribution is -2.00. The van der Waals surface area contributed by atoms with Gasteiger partial charge in [0.1, 0.15) is 11.2 Å². The second-order valence-corrected chi connectivity index (χ2v) is 11.0. The molecule has 4 nitrogen and oxygen atoms in total. The van der Waals surface area contributed by atoms with Crippen LogP contribution in [0.2, 0.25) is 0 Å². The van der Waals surface area contributed by atoms with E-state index in [-0.39, 0.29) is 5.56 Å². The first-order chi connectivity index (χ1) is 30.1. The maximum absolute atomic E-state index is 9.16. The summed E-state index contributed by atoms with van der Waals surface area (Å²) in [7, 11) is 0. The molecule has 0 unspecified atom stereocenters. The SMILES string of the molecule is [2H]c1c([2H])c([2H])c(-c2nc(-c3c([2H])c([2H])c([2H])c([2H])c3[2H])nc(-c3c([2H])c([2H])c(-c4ccc5c(c4)oc4cc(-c6ccc(-c7ccccc7)cc6)ccc45)c([2H])c3[2H])n2)c([2H])c1[2H]. The number of rotatable bonds is 6. The van der Waals surface area contributed by atoms with Crippen molar-refractivity contribution in [3.8, 4) is 67.5 Å². The van der Waals surface area contributed by atoms with E-state index >= 15 is 0 Å². The topological polar surface area (TPSA) is 51.8 Å². The lowest BCUT2D eigenvalue weighted by Gasteiger charge is -2.09. The summed E-state index contributed by atoms with van der Waals surface area (Å²) < 4.78 is 126. The third-order valence-electron chi connectivity index (χ3n) is 8.02. The molecule has 0 aliphatic rings. The lowest BCUT2D eigenvalue weighted by molar-refractivity contribution is 0.669. The van der Waals surface area contributed by atoms with Crippen LogP contribution >= 0.6 is 0 Å². The highest BCUT2D eigenvalue weighted by molar-refractivity contribution is 6.07. The Bertz CT molecular complexity index is 3220. The summed E-state index contributed by atoms with van der Waals surface area (Å²) in [5.41, 5.74) is 3.83. The van der Waals surface area contributed by atoms with Crippen LogP contribution in [0.25, 0.3) is 89.5 Å².